The molecule has 1 N–H and O–H groups in total. The molecule has 0 atom stereocenters. The number of aromatic carboxylic acids is 1. The first-order chi connectivity index (χ1) is 12.7. The standard InChI is InChI=1S/C22H16O4/c23-22(24)20-18-13-17(25-14-15-7-3-1-4-8-15)11-12-19(18)26-21(20)16-9-5-2-6-10-16/h1-13H,14H2,(H,23,24). The fraction of sp³-hybridized carbons (Fsp3) is 0.0455. The zero-order valence-corrected chi connectivity index (χ0v) is 13.9. The summed E-state index contributed by atoms with van der Waals surface area (Å²) in [6.45, 7) is 0.415. The third kappa shape index (κ3) is 3.05. The number of fused-ring (bicyclic) bond motifs is 1. The molecule has 0 saturated carbocycles. The van der Waals surface area contributed by atoms with Crippen molar-refractivity contribution in [2.45, 2.75) is 6.61 Å². The third-order valence-electron chi connectivity index (χ3n) is 4.16. The van der Waals surface area contributed by atoms with Crippen LogP contribution in [0.4, 0.5) is 0 Å². The van der Waals surface area contributed by atoms with Crippen LogP contribution in [0, 0.1) is 0 Å². The molecule has 4 nitrogen and oxygen atoms in total. The van der Waals surface area contributed by atoms with E-state index in [1.807, 2.05) is 60.7 Å². The lowest BCUT2D eigenvalue weighted by atomic mass is 10.1. The van der Waals surface area contributed by atoms with Gasteiger partial charge in [0.1, 0.15) is 29.3 Å². The molecule has 4 rings (SSSR count). The number of ether oxygens (including phenoxy) is 1. The minimum absolute atomic E-state index is 0.149. The summed E-state index contributed by atoms with van der Waals surface area (Å²) in [4.78, 5) is 11.9. The van der Waals surface area contributed by atoms with Gasteiger partial charge in [-0.25, -0.2) is 4.79 Å². The lowest BCUT2D eigenvalue weighted by Gasteiger charge is -2.06. The van der Waals surface area contributed by atoms with Gasteiger partial charge >= 0.3 is 5.97 Å². The number of carbonyl (C=O) groups is 1. The van der Waals surface area contributed by atoms with E-state index in [1.54, 1.807) is 18.2 Å². The molecule has 0 spiro atoms. The molecule has 0 unspecified atom stereocenters. The number of hydrogen-bond donors (Lipinski definition) is 1. The van der Waals surface area contributed by atoms with Crippen molar-refractivity contribution in [2.24, 2.45) is 0 Å². The second-order valence-corrected chi connectivity index (χ2v) is 5.91. The van der Waals surface area contributed by atoms with Gasteiger partial charge in [0, 0.05) is 10.9 Å². The Morgan fingerprint density at radius 2 is 1.62 bits per heavy atom. The number of carboxylic acid groups (broad SMARTS) is 1. The molecule has 1 aromatic heterocycles. The van der Waals surface area contributed by atoms with E-state index in [9.17, 15) is 9.90 Å². The largest absolute Gasteiger partial charge is 0.489 e. The molecule has 128 valence electrons. The topological polar surface area (TPSA) is 59.7 Å². The first kappa shape index (κ1) is 16.0. The van der Waals surface area contributed by atoms with Gasteiger partial charge in [-0.1, -0.05) is 60.7 Å². The van der Waals surface area contributed by atoms with Crippen LogP contribution in [0.15, 0.2) is 83.3 Å². The Morgan fingerprint density at radius 3 is 2.31 bits per heavy atom. The van der Waals surface area contributed by atoms with Crippen LogP contribution >= 0.6 is 0 Å². The molecule has 4 aromatic rings. The molecule has 4 heteroatoms. The highest BCUT2D eigenvalue weighted by Crippen LogP contribution is 2.35. The predicted octanol–water partition coefficient (Wildman–Crippen LogP) is 5.38. The fourth-order valence-electron chi connectivity index (χ4n) is 2.91. The zero-order valence-electron chi connectivity index (χ0n) is 13.9. The van der Waals surface area contributed by atoms with Gasteiger partial charge in [-0.15, -0.1) is 0 Å². The van der Waals surface area contributed by atoms with Crippen LogP contribution in [0.1, 0.15) is 15.9 Å². The lowest BCUT2D eigenvalue weighted by Crippen LogP contribution is -1.98. The Kier molecular flexibility index (Phi) is 4.15. The Labute approximate surface area is 150 Å². The second kappa shape index (κ2) is 6.76. The molecule has 0 amide bonds. The van der Waals surface area contributed by atoms with E-state index < -0.39 is 5.97 Å². The Balaban J connectivity index is 1.73. The van der Waals surface area contributed by atoms with Gasteiger partial charge in [0.2, 0.25) is 0 Å². The van der Waals surface area contributed by atoms with Crippen LogP contribution < -0.4 is 4.74 Å². The summed E-state index contributed by atoms with van der Waals surface area (Å²) >= 11 is 0. The highest BCUT2D eigenvalue weighted by molar-refractivity contribution is 6.08. The van der Waals surface area contributed by atoms with Crippen molar-refractivity contribution in [1.82, 2.24) is 0 Å². The third-order valence-corrected chi connectivity index (χ3v) is 4.16. The Morgan fingerprint density at radius 1 is 0.923 bits per heavy atom. The van der Waals surface area contributed by atoms with E-state index in [-0.39, 0.29) is 5.56 Å². The van der Waals surface area contributed by atoms with Crippen LogP contribution in [-0.4, -0.2) is 11.1 Å². The maximum atomic E-state index is 11.9. The average molecular weight is 344 g/mol. The van der Waals surface area contributed by atoms with Crippen LogP contribution in [0.2, 0.25) is 0 Å². The van der Waals surface area contributed by atoms with Crippen molar-refractivity contribution in [2.75, 3.05) is 0 Å². The molecule has 0 radical (unpaired) electrons. The van der Waals surface area contributed by atoms with Gasteiger partial charge in [-0.05, 0) is 23.8 Å². The Bertz CT molecular complexity index is 1050. The maximum Gasteiger partial charge on any atom is 0.340 e. The van der Waals surface area contributed by atoms with E-state index in [0.29, 0.717) is 29.1 Å². The molecule has 3 aromatic carbocycles. The van der Waals surface area contributed by atoms with Crippen LogP contribution in [0.25, 0.3) is 22.3 Å². The molecule has 0 bridgehead atoms. The Hall–Kier alpha value is -3.53. The van der Waals surface area contributed by atoms with Crippen molar-refractivity contribution in [3.05, 3.63) is 90.0 Å². The van der Waals surface area contributed by atoms with Crippen molar-refractivity contribution in [3.8, 4) is 17.1 Å². The van der Waals surface area contributed by atoms with Crippen LogP contribution in [0.3, 0.4) is 0 Å². The minimum Gasteiger partial charge on any atom is -0.489 e. The van der Waals surface area contributed by atoms with Gasteiger partial charge in [0.05, 0.1) is 0 Å². The summed E-state index contributed by atoms with van der Waals surface area (Å²) in [6.07, 6.45) is 0. The minimum atomic E-state index is -1.03. The summed E-state index contributed by atoms with van der Waals surface area (Å²) in [5, 5.41) is 10.2. The van der Waals surface area contributed by atoms with E-state index in [4.69, 9.17) is 9.15 Å². The molecular formula is C22H16O4. The smallest absolute Gasteiger partial charge is 0.340 e. The van der Waals surface area contributed by atoms with E-state index >= 15 is 0 Å². The van der Waals surface area contributed by atoms with Gasteiger partial charge in [-0.3, -0.25) is 0 Å². The molecule has 1 heterocycles. The summed E-state index contributed by atoms with van der Waals surface area (Å²) in [5.74, 6) is -0.0691. The number of carboxylic acids is 1. The quantitative estimate of drug-likeness (QED) is 0.528. The summed E-state index contributed by atoms with van der Waals surface area (Å²) in [7, 11) is 0. The summed E-state index contributed by atoms with van der Waals surface area (Å²) < 4.78 is 11.6. The number of hydrogen-bond acceptors (Lipinski definition) is 3. The van der Waals surface area contributed by atoms with Crippen LogP contribution in [-0.2, 0) is 6.61 Å². The second-order valence-electron chi connectivity index (χ2n) is 5.91. The number of rotatable bonds is 5. The first-order valence-electron chi connectivity index (χ1n) is 8.24. The molecule has 0 saturated heterocycles. The van der Waals surface area contributed by atoms with Gasteiger partial charge in [0.15, 0.2) is 0 Å². The normalized spacial score (nSPS) is 10.8. The van der Waals surface area contributed by atoms with Crippen LogP contribution in [0.5, 0.6) is 5.75 Å². The monoisotopic (exact) mass is 344 g/mol. The highest BCUT2D eigenvalue weighted by Gasteiger charge is 2.22. The first-order valence-corrected chi connectivity index (χ1v) is 8.24. The number of benzene rings is 3. The highest BCUT2D eigenvalue weighted by atomic mass is 16.5. The van der Waals surface area contributed by atoms with Gasteiger partial charge in [-0.2, -0.15) is 0 Å². The average Bonchev–Trinajstić information content (AvgIpc) is 3.07. The fourth-order valence-corrected chi connectivity index (χ4v) is 2.91. The summed E-state index contributed by atoms with van der Waals surface area (Å²) in [6, 6.07) is 24.3. The van der Waals surface area contributed by atoms with Crippen molar-refractivity contribution in [1.29, 1.82) is 0 Å². The van der Waals surface area contributed by atoms with Gasteiger partial charge in [0.25, 0.3) is 0 Å². The lowest BCUT2D eigenvalue weighted by molar-refractivity contribution is 0.0699. The maximum absolute atomic E-state index is 11.9. The molecule has 0 aliphatic heterocycles. The SMILES string of the molecule is O=C(O)c1c(-c2ccccc2)oc2ccc(OCc3ccccc3)cc12. The summed E-state index contributed by atoms with van der Waals surface area (Å²) in [5.41, 5.74) is 2.45. The molecule has 0 fully saturated rings. The van der Waals surface area contributed by atoms with E-state index in [2.05, 4.69) is 0 Å². The van der Waals surface area contributed by atoms with Crippen molar-refractivity contribution in [3.63, 3.8) is 0 Å². The van der Waals surface area contributed by atoms with E-state index in [1.165, 1.54) is 0 Å². The van der Waals surface area contributed by atoms with Crippen molar-refractivity contribution >= 4 is 16.9 Å². The van der Waals surface area contributed by atoms with Gasteiger partial charge < -0.3 is 14.3 Å². The zero-order chi connectivity index (χ0) is 17.9. The molecule has 0 aliphatic rings. The molecule has 0 aliphatic carbocycles. The van der Waals surface area contributed by atoms with E-state index in [0.717, 1.165) is 11.1 Å². The molecular weight excluding hydrogens is 328 g/mol. The molecule has 26 heavy (non-hydrogen) atoms. The predicted molar refractivity (Wildman–Crippen MR) is 99.4 cm³/mol. The number of furan rings is 1. The van der Waals surface area contributed by atoms with Crippen molar-refractivity contribution < 1.29 is 19.1 Å².